The number of nitrogens with zero attached hydrogens (tertiary/aromatic N) is 2. The van der Waals surface area contributed by atoms with E-state index in [0.717, 1.165) is 31.6 Å². The third-order valence-corrected chi connectivity index (χ3v) is 8.63. The van der Waals surface area contributed by atoms with Crippen LogP contribution >= 0.6 is 0 Å². The predicted molar refractivity (Wildman–Crippen MR) is 120 cm³/mol. The van der Waals surface area contributed by atoms with Gasteiger partial charge in [-0.25, -0.2) is 4.99 Å². The maximum absolute atomic E-state index is 14.0. The second-order valence-electron chi connectivity index (χ2n) is 10.8. The summed E-state index contributed by atoms with van der Waals surface area (Å²) in [6, 6.07) is 0.267. The van der Waals surface area contributed by atoms with E-state index in [0.29, 0.717) is 17.8 Å². The van der Waals surface area contributed by atoms with Crippen molar-refractivity contribution < 1.29 is 4.79 Å². The molecule has 0 bridgehead atoms. The van der Waals surface area contributed by atoms with E-state index < -0.39 is 5.54 Å². The average molecular weight is 402 g/mol. The molecule has 1 heterocycles. The summed E-state index contributed by atoms with van der Waals surface area (Å²) in [6.07, 6.45) is 21.2. The highest BCUT2D eigenvalue weighted by Crippen LogP contribution is 2.42. The molecule has 2 N–H and O–H groups in total. The molecule has 4 heteroatoms. The van der Waals surface area contributed by atoms with Crippen LogP contribution in [0.3, 0.4) is 0 Å². The third-order valence-electron chi connectivity index (χ3n) is 8.63. The Balaban J connectivity index is 1.52. The molecule has 3 aliphatic carbocycles. The van der Waals surface area contributed by atoms with Crippen LogP contribution in [0.4, 0.5) is 0 Å². The lowest BCUT2D eigenvalue weighted by Crippen LogP contribution is -2.53. The van der Waals surface area contributed by atoms with Crippen LogP contribution < -0.4 is 5.73 Å². The number of rotatable bonds is 6. The molecule has 0 spiro atoms. The Morgan fingerprint density at radius 1 is 0.897 bits per heavy atom. The molecule has 1 aliphatic heterocycles. The summed E-state index contributed by atoms with van der Waals surface area (Å²) in [7, 11) is 0. The molecule has 2 unspecified atom stereocenters. The summed E-state index contributed by atoms with van der Waals surface area (Å²) in [4.78, 5) is 21.0. The summed E-state index contributed by atoms with van der Waals surface area (Å²) in [5, 5.41) is 0. The van der Waals surface area contributed by atoms with E-state index in [4.69, 9.17) is 10.7 Å². The van der Waals surface area contributed by atoms with Crippen LogP contribution in [0.1, 0.15) is 116 Å². The number of amides is 1. The summed E-state index contributed by atoms with van der Waals surface area (Å²) in [5.74, 6) is 2.77. The monoisotopic (exact) mass is 401 g/mol. The lowest BCUT2D eigenvalue weighted by molar-refractivity contribution is -0.135. The van der Waals surface area contributed by atoms with E-state index in [-0.39, 0.29) is 11.9 Å². The fraction of sp³-hybridized carbons (Fsp3) is 0.920. The van der Waals surface area contributed by atoms with Gasteiger partial charge in [-0.3, -0.25) is 9.69 Å². The van der Waals surface area contributed by atoms with E-state index in [1.807, 2.05) is 4.90 Å². The lowest BCUT2D eigenvalue weighted by Gasteiger charge is -2.38. The van der Waals surface area contributed by atoms with Gasteiger partial charge in [0.1, 0.15) is 5.54 Å². The van der Waals surface area contributed by atoms with Crippen LogP contribution in [0.5, 0.6) is 0 Å². The molecule has 3 fully saturated rings. The van der Waals surface area contributed by atoms with Gasteiger partial charge < -0.3 is 5.73 Å². The van der Waals surface area contributed by atoms with Gasteiger partial charge in [0, 0.05) is 6.04 Å². The van der Waals surface area contributed by atoms with Gasteiger partial charge in [-0.05, 0) is 49.9 Å². The smallest absolute Gasteiger partial charge is 0.257 e. The van der Waals surface area contributed by atoms with Crippen molar-refractivity contribution in [1.29, 1.82) is 0 Å². The Hall–Kier alpha value is -1.06. The van der Waals surface area contributed by atoms with E-state index in [1.165, 1.54) is 83.5 Å². The number of hydrogen-bond acceptors (Lipinski definition) is 3. The summed E-state index contributed by atoms with van der Waals surface area (Å²) in [5.41, 5.74) is 5.95. The van der Waals surface area contributed by atoms with Crippen molar-refractivity contribution >= 4 is 11.9 Å². The number of nitrogens with two attached hydrogens (primary N) is 1. The molecule has 4 rings (SSSR count). The van der Waals surface area contributed by atoms with Gasteiger partial charge in [-0.15, -0.1) is 0 Å². The Labute approximate surface area is 178 Å². The first-order valence-corrected chi connectivity index (χ1v) is 12.8. The molecule has 0 radical (unpaired) electrons. The van der Waals surface area contributed by atoms with Gasteiger partial charge in [0.05, 0.1) is 0 Å². The number of hydrogen-bond donors (Lipinski definition) is 1. The highest BCUT2D eigenvalue weighted by Gasteiger charge is 2.51. The zero-order valence-electron chi connectivity index (χ0n) is 18.7. The minimum atomic E-state index is -0.555. The van der Waals surface area contributed by atoms with Crippen molar-refractivity contribution in [2.75, 3.05) is 0 Å². The van der Waals surface area contributed by atoms with Gasteiger partial charge >= 0.3 is 0 Å². The first-order valence-electron chi connectivity index (χ1n) is 12.8. The van der Waals surface area contributed by atoms with Crippen LogP contribution in [0, 0.1) is 17.8 Å². The van der Waals surface area contributed by atoms with Crippen LogP contribution in [-0.2, 0) is 4.79 Å². The summed E-state index contributed by atoms with van der Waals surface area (Å²) in [6.45, 7) is 2.30. The molecule has 0 aromatic rings. The highest BCUT2D eigenvalue weighted by molar-refractivity contribution is 6.07. The average Bonchev–Trinajstić information content (AvgIpc) is 2.98. The second-order valence-corrected chi connectivity index (χ2v) is 10.8. The maximum atomic E-state index is 14.0. The molecular weight excluding hydrogens is 358 g/mol. The van der Waals surface area contributed by atoms with Gasteiger partial charge in [0.15, 0.2) is 5.96 Å². The Kier molecular flexibility index (Phi) is 6.86. The molecule has 164 valence electrons. The molecule has 4 aliphatic rings. The van der Waals surface area contributed by atoms with Crippen LogP contribution in [-0.4, -0.2) is 28.3 Å². The fourth-order valence-electron chi connectivity index (χ4n) is 6.84. The second kappa shape index (κ2) is 9.39. The topological polar surface area (TPSA) is 58.7 Å². The quantitative estimate of drug-likeness (QED) is 0.612. The zero-order valence-corrected chi connectivity index (χ0v) is 18.7. The van der Waals surface area contributed by atoms with Crippen molar-refractivity contribution in [3.63, 3.8) is 0 Å². The molecule has 3 saturated carbocycles. The van der Waals surface area contributed by atoms with Crippen molar-refractivity contribution in [1.82, 2.24) is 4.90 Å². The zero-order chi connectivity index (χ0) is 20.3. The van der Waals surface area contributed by atoms with E-state index >= 15 is 0 Å². The van der Waals surface area contributed by atoms with E-state index in [1.54, 1.807) is 0 Å². The number of aliphatic imine (C=N–C) groups is 1. The minimum Gasteiger partial charge on any atom is -0.369 e. The Morgan fingerprint density at radius 2 is 1.48 bits per heavy atom. The lowest BCUT2D eigenvalue weighted by atomic mass is 9.74. The van der Waals surface area contributed by atoms with Crippen molar-refractivity contribution in [2.24, 2.45) is 28.5 Å². The summed E-state index contributed by atoms with van der Waals surface area (Å²) >= 11 is 0. The normalized spacial score (nSPS) is 35.1. The maximum Gasteiger partial charge on any atom is 0.257 e. The predicted octanol–water partition coefficient (Wildman–Crippen LogP) is 5.79. The number of guanidine groups is 1. The fourth-order valence-corrected chi connectivity index (χ4v) is 6.84. The molecule has 29 heavy (non-hydrogen) atoms. The van der Waals surface area contributed by atoms with Gasteiger partial charge in [-0.1, -0.05) is 84.0 Å². The molecule has 4 nitrogen and oxygen atoms in total. The number of carbonyl (C=O) groups is 1. The van der Waals surface area contributed by atoms with E-state index in [2.05, 4.69) is 6.92 Å². The van der Waals surface area contributed by atoms with Crippen LogP contribution in [0.15, 0.2) is 4.99 Å². The third kappa shape index (κ3) is 4.66. The van der Waals surface area contributed by atoms with Crippen molar-refractivity contribution in [3.8, 4) is 0 Å². The Morgan fingerprint density at radius 3 is 2.14 bits per heavy atom. The van der Waals surface area contributed by atoms with Gasteiger partial charge in [-0.2, -0.15) is 0 Å². The first kappa shape index (κ1) is 21.2. The van der Waals surface area contributed by atoms with Gasteiger partial charge in [0.2, 0.25) is 0 Å². The van der Waals surface area contributed by atoms with Crippen LogP contribution in [0.2, 0.25) is 0 Å². The Bertz CT molecular complexity index is 591. The van der Waals surface area contributed by atoms with Crippen molar-refractivity contribution in [2.45, 2.75) is 128 Å². The largest absolute Gasteiger partial charge is 0.369 e. The molecule has 0 aromatic carbocycles. The molecule has 0 aromatic heterocycles. The molecule has 0 saturated heterocycles. The molecular formula is C25H43N3O. The van der Waals surface area contributed by atoms with Crippen molar-refractivity contribution in [3.05, 3.63) is 0 Å². The SMILES string of the molecule is CC1CCCCC1N1C(=O)[C@@](CCC2CCCCC2)(CC2CCCCC2)N=C1N. The first-order chi connectivity index (χ1) is 14.1. The standard InChI is InChI=1S/C25H43N3O/c1-19-10-8-9-15-22(19)28-23(29)25(27-24(28)26,18-21-13-6-3-7-14-21)17-16-20-11-4-2-5-12-20/h19-22H,2-18H2,1H3,(H2,26,27)/t19?,22?,25-/m1/s1. The molecule has 3 atom stereocenters. The van der Waals surface area contributed by atoms with Crippen LogP contribution in [0.25, 0.3) is 0 Å². The summed E-state index contributed by atoms with van der Waals surface area (Å²) < 4.78 is 0. The van der Waals surface area contributed by atoms with E-state index in [9.17, 15) is 4.79 Å². The van der Waals surface area contributed by atoms with Gasteiger partial charge in [0.25, 0.3) is 5.91 Å². The minimum absolute atomic E-state index is 0.259. The highest BCUT2D eigenvalue weighted by atomic mass is 16.2. The number of carbonyl (C=O) groups excluding carboxylic acids is 1. The molecule has 1 amide bonds.